The molecule has 0 aliphatic rings. The van der Waals surface area contributed by atoms with Crippen molar-refractivity contribution in [1.82, 2.24) is 9.27 Å². The van der Waals surface area contributed by atoms with E-state index in [1.807, 2.05) is 6.92 Å². The Morgan fingerprint density at radius 2 is 2.04 bits per heavy atom. The Hall–Kier alpha value is -2.48. The minimum atomic E-state index is -1.06. The van der Waals surface area contributed by atoms with E-state index in [1.165, 1.54) is 4.90 Å². The largest absolute Gasteiger partial charge is 0.476 e. The van der Waals surface area contributed by atoms with Crippen LogP contribution < -0.4 is 0 Å². The van der Waals surface area contributed by atoms with E-state index in [-0.39, 0.29) is 11.7 Å². The summed E-state index contributed by atoms with van der Waals surface area (Å²) in [7, 11) is 1.65. The molecule has 7 nitrogen and oxygen atoms in total. The molecule has 1 aromatic carbocycles. The van der Waals surface area contributed by atoms with Crippen LogP contribution in [0.5, 0.6) is 0 Å². The standard InChI is InChI=1S/C18H23N3O4S/c1-10(21(5)17(24)25-18(2,3)4)8-13(19)11-6-7-12-14(9-11)26-20-15(12)16(22)23/h6-7,9-10,19H,8H2,1-5H3,(H,22,23). The maximum Gasteiger partial charge on any atom is 0.410 e. The minimum absolute atomic E-state index is 0.0288. The molecule has 0 aliphatic heterocycles. The first-order valence-corrected chi connectivity index (χ1v) is 8.93. The third kappa shape index (κ3) is 4.57. The number of nitrogens with zero attached hydrogens (tertiary/aromatic N) is 2. The lowest BCUT2D eigenvalue weighted by molar-refractivity contribution is 0.0241. The summed E-state index contributed by atoms with van der Waals surface area (Å²) >= 11 is 1.10. The van der Waals surface area contributed by atoms with Gasteiger partial charge in [-0.15, -0.1) is 0 Å². The normalized spacial score (nSPS) is 12.7. The van der Waals surface area contributed by atoms with Gasteiger partial charge in [-0.3, -0.25) is 0 Å². The number of rotatable bonds is 5. The van der Waals surface area contributed by atoms with Gasteiger partial charge < -0.3 is 20.2 Å². The lowest BCUT2D eigenvalue weighted by atomic mass is 10.0. The molecule has 0 fully saturated rings. The quantitative estimate of drug-likeness (QED) is 0.766. The second-order valence-electron chi connectivity index (χ2n) is 7.17. The van der Waals surface area contributed by atoms with Crippen molar-refractivity contribution >= 4 is 39.4 Å². The van der Waals surface area contributed by atoms with E-state index in [2.05, 4.69) is 4.37 Å². The third-order valence-electron chi connectivity index (χ3n) is 3.87. The van der Waals surface area contributed by atoms with Crippen molar-refractivity contribution in [3.63, 3.8) is 0 Å². The van der Waals surface area contributed by atoms with E-state index in [0.29, 0.717) is 23.1 Å². The summed E-state index contributed by atoms with van der Waals surface area (Å²) in [5.74, 6) is -1.06. The number of hydrogen-bond acceptors (Lipinski definition) is 6. The zero-order valence-electron chi connectivity index (χ0n) is 15.5. The van der Waals surface area contributed by atoms with E-state index in [9.17, 15) is 9.59 Å². The number of amides is 1. The molecule has 1 aromatic heterocycles. The van der Waals surface area contributed by atoms with Gasteiger partial charge in [0.25, 0.3) is 0 Å². The van der Waals surface area contributed by atoms with Gasteiger partial charge in [0, 0.05) is 30.6 Å². The van der Waals surface area contributed by atoms with Crippen LogP contribution in [0, 0.1) is 5.41 Å². The van der Waals surface area contributed by atoms with E-state index in [0.717, 1.165) is 16.2 Å². The topological polar surface area (TPSA) is 104 Å². The number of carbonyl (C=O) groups excluding carboxylic acids is 1. The highest BCUT2D eigenvalue weighted by Gasteiger charge is 2.24. The molecule has 0 bridgehead atoms. The van der Waals surface area contributed by atoms with E-state index in [1.54, 1.807) is 46.0 Å². The Bertz CT molecular complexity index is 854. The SMILES string of the molecule is CC(CC(=N)c1ccc2c(C(=O)O)nsc2c1)N(C)C(=O)OC(C)(C)C. The molecule has 140 valence electrons. The lowest BCUT2D eigenvalue weighted by Crippen LogP contribution is -2.40. The zero-order chi connectivity index (χ0) is 19.6. The summed E-state index contributed by atoms with van der Waals surface area (Å²) in [6.45, 7) is 7.27. The van der Waals surface area contributed by atoms with E-state index >= 15 is 0 Å². The van der Waals surface area contributed by atoms with Gasteiger partial charge in [-0.05, 0) is 50.9 Å². The smallest absolute Gasteiger partial charge is 0.410 e. The van der Waals surface area contributed by atoms with Crippen molar-refractivity contribution in [2.24, 2.45) is 0 Å². The molecule has 26 heavy (non-hydrogen) atoms. The summed E-state index contributed by atoms with van der Waals surface area (Å²) in [4.78, 5) is 24.7. The fourth-order valence-electron chi connectivity index (χ4n) is 2.34. The van der Waals surface area contributed by atoms with Crippen molar-refractivity contribution in [3.8, 4) is 0 Å². The van der Waals surface area contributed by atoms with Crippen LogP contribution in [0.4, 0.5) is 4.79 Å². The van der Waals surface area contributed by atoms with Crippen molar-refractivity contribution in [3.05, 3.63) is 29.5 Å². The maximum atomic E-state index is 12.1. The molecule has 1 heterocycles. The molecule has 2 rings (SSSR count). The van der Waals surface area contributed by atoms with Crippen molar-refractivity contribution < 1.29 is 19.4 Å². The number of carboxylic acid groups (broad SMARTS) is 1. The summed E-state index contributed by atoms with van der Waals surface area (Å²) in [6, 6.07) is 4.94. The zero-order valence-corrected chi connectivity index (χ0v) is 16.3. The van der Waals surface area contributed by atoms with Gasteiger partial charge in [-0.25, -0.2) is 9.59 Å². The first kappa shape index (κ1) is 19.8. The van der Waals surface area contributed by atoms with Crippen LogP contribution in [0.2, 0.25) is 0 Å². The fraction of sp³-hybridized carbons (Fsp3) is 0.444. The van der Waals surface area contributed by atoms with Gasteiger partial charge in [0.1, 0.15) is 5.60 Å². The molecular formula is C18H23N3O4S. The molecule has 1 amide bonds. The molecular weight excluding hydrogens is 354 g/mol. The van der Waals surface area contributed by atoms with Crippen LogP contribution in [0.25, 0.3) is 10.1 Å². The molecule has 0 spiro atoms. The predicted octanol–water partition coefficient (Wildman–Crippen LogP) is 4.01. The lowest BCUT2D eigenvalue weighted by Gasteiger charge is -2.28. The van der Waals surface area contributed by atoms with Crippen molar-refractivity contribution in [1.29, 1.82) is 5.41 Å². The number of benzene rings is 1. The number of ether oxygens (including phenoxy) is 1. The molecule has 2 N–H and O–H groups in total. The number of aromatic carboxylic acids is 1. The number of hydrogen-bond donors (Lipinski definition) is 2. The average Bonchev–Trinajstić information content (AvgIpc) is 2.95. The highest BCUT2D eigenvalue weighted by Crippen LogP contribution is 2.25. The number of aromatic nitrogens is 1. The monoisotopic (exact) mass is 377 g/mol. The van der Waals surface area contributed by atoms with Crippen LogP contribution in [0.15, 0.2) is 18.2 Å². The second-order valence-corrected chi connectivity index (χ2v) is 7.98. The van der Waals surface area contributed by atoms with E-state index < -0.39 is 17.7 Å². The first-order chi connectivity index (χ1) is 12.0. The van der Waals surface area contributed by atoms with Crippen LogP contribution in [-0.2, 0) is 4.74 Å². The molecule has 8 heteroatoms. The highest BCUT2D eigenvalue weighted by molar-refractivity contribution is 7.13. The van der Waals surface area contributed by atoms with Gasteiger partial charge in [0.05, 0.1) is 4.70 Å². The number of carboxylic acids is 1. The van der Waals surface area contributed by atoms with Crippen molar-refractivity contribution in [2.45, 2.75) is 45.8 Å². The Labute approximate surface area is 156 Å². The average molecular weight is 377 g/mol. The van der Waals surface area contributed by atoms with Crippen LogP contribution in [-0.4, -0.2) is 50.8 Å². The Morgan fingerprint density at radius 3 is 2.62 bits per heavy atom. The summed E-state index contributed by atoms with van der Waals surface area (Å²) in [6.07, 6.45) is -0.0759. The molecule has 0 radical (unpaired) electrons. The van der Waals surface area contributed by atoms with Gasteiger partial charge in [-0.1, -0.05) is 12.1 Å². The van der Waals surface area contributed by atoms with Crippen molar-refractivity contribution in [2.75, 3.05) is 7.05 Å². The predicted molar refractivity (Wildman–Crippen MR) is 101 cm³/mol. The molecule has 1 atom stereocenters. The number of fused-ring (bicyclic) bond motifs is 1. The molecule has 1 unspecified atom stereocenters. The second kappa shape index (κ2) is 7.41. The van der Waals surface area contributed by atoms with Crippen LogP contribution in [0.1, 0.15) is 50.2 Å². The third-order valence-corrected chi connectivity index (χ3v) is 4.67. The first-order valence-electron chi connectivity index (χ1n) is 8.16. The number of carbonyl (C=O) groups is 2. The van der Waals surface area contributed by atoms with Gasteiger partial charge >= 0.3 is 12.1 Å². The Balaban J connectivity index is 2.10. The van der Waals surface area contributed by atoms with E-state index in [4.69, 9.17) is 15.3 Å². The molecule has 0 saturated carbocycles. The fourth-order valence-corrected chi connectivity index (χ4v) is 3.15. The summed E-state index contributed by atoms with van der Waals surface area (Å²) in [5.41, 5.74) is 0.501. The molecule has 0 aliphatic carbocycles. The number of nitrogens with one attached hydrogen (secondary N) is 1. The Kier molecular flexibility index (Phi) is 5.65. The summed E-state index contributed by atoms with van der Waals surface area (Å²) < 4.78 is 10.0. The molecule has 0 saturated heterocycles. The van der Waals surface area contributed by atoms with Gasteiger partial charge in [0.15, 0.2) is 5.69 Å². The van der Waals surface area contributed by atoms with Crippen LogP contribution in [0.3, 0.4) is 0 Å². The van der Waals surface area contributed by atoms with Crippen LogP contribution >= 0.6 is 11.5 Å². The highest BCUT2D eigenvalue weighted by atomic mass is 32.1. The minimum Gasteiger partial charge on any atom is -0.476 e. The van der Waals surface area contributed by atoms with Gasteiger partial charge in [0.2, 0.25) is 0 Å². The Morgan fingerprint density at radius 1 is 1.38 bits per heavy atom. The summed E-state index contributed by atoms with van der Waals surface area (Å²) in [5, 5.41) is 18.0. The van der Waals surface area contributed by atoms with Gasteiger partial charge in [-0.2, -0.15) is 4.37 Å². The molecule has 2 aromatic rings. The maximum absolute atomic E-state index is 12.1.